The minimum absolute atomic E-state index is 0.0886. The summed E-state index contributed by atoms with van der Waals surface area (Å²) in [7, 11) is -1.31. The van der Waals surface area contributed by atoms with Crippen LogP contribution in [0.25, 0.3) is 0 Å². The highest BCUT2D eigenvalue weighted by Gasteiger charge is 2.22. The van der Waals surface area contributed by atoms with Gasteiger partial charge in [0.05, 0.1) is 29.0 Å². The monoisotopic (exact) mass is 312 g/mol. The van der Waals surface area contributed by atoms with Gasteiger partial charge in [-0.3, -0.25) is 0 Å². The van der Waals surface area contributed by atoms with Crippen LogP contribution in [0.4, 0.5) is 5.69 Å². The van der Waals surface area contributed by atoms with Crippen LogP contribution in [0.5, 0.6) is 0 Å². The Hall–Kier alpha value is -1.11. The normalized spacial score (nSPS) is 19.4. The quantitative estimate of drug-likeness (QED) is 0.858. The summed E-state index contributed by atoms with van der Waals surface area (Å²) in [5.74, 6) is 0.180. The highest BCUT2D eigenvalue weighted by molar-refractivity contribution is 7.91. The minimum atomic E-state index is -3.22. The molecule has 0 spiro atoms. The molecule has 0 aromatic heterocycles. The summed E-state index contributed by atoms with van der Waals surface area (Å²) in [6, 6.07) is 7.20. The smallest absolute Gasteiger partial charge is 0.180 e. The van der Waals surface area contributed by atoms with Gasteiger partial charge in [-0.2, -0.15) is 0 Å². The van der Waals surface area contributed by atoms with Gasteiger partial charge >= 0.3 is 0 Å². The van der Waals surface area contributed by atoms with E-state index in [4.69, 9.17) is 4.74 Å². The zero-order chi connectivity index (χ0) is 15.3. The molecule has 1 aliphatic rings. The zero-order valence-corrected chi connectivity index (χ0v) is 13.5. The average Bonchev–Trinajstić information content (AvgIpc) is 2.48. The summed E-state index contributed by atoms with van der Waals surface area (Å²) >= 11 is 0. The van der Waals surface area contributed by atoms with Crippen molar-refractivity contribution in [3.63, 3.8) is 0 Å². The average molecular weight is 312 g/mol. The number of benzene rings is 1. The first kappa shape index (κ1) is 16.3. The van der Waals surface area contributed by atoms with Crippen molar-refractivity contribution in [3.05, 3.63) is 24.3 Å². The third-order valence-electron chi connectivity index (χ3n) is 3.57. The molecule has 1 heterocycles. The van der Waals surface area contributed by atoms with Gasteiger partial charge in [0.1, 0.15) is 0 Å². The van der Waals surface area contributed by atoms with Gasteiger partial charge in [-0.05, 0) is 18.6 Å². The van der Waals surface area contributed by atoms with E-state index in [1.165, 1.54) is 0 Å². The fraction of sp³-hybridized carbons (Fsp3) is 0.600. The number of rotatable bonds is 6. The maximum absolute atomic E-state index is 12.4. The molecule has 0 bridgehead atoms. The number of para-hydroxylation sites is 1. The predicted molar refractivity (Wildman–Crippen MR) is 84.7 cm³/mol. The molecule has 2 rings (SSSR count). The Morgan fingerprint density at radius 2 is 2.14 bits per heavy atom. The van der Waals surface area contributed by atoms with Crippen molar-refractivity contribution in [1.82, 2.24) is 5.32 Å². The second kappa shape index (κ2) is 7.24. The number of hydrogen-bond acceptors (Lipinski definition) is 5. The molecule has 21 heavy (non-hydrogen) atoms. The summed E-state index contributed by atoms with van der Waals surface area (Å²) < 4.78 is 30.4. The Morgan fingerprint density at radius 3 is 2.81 bits per heavy atom. The Balaban J connectivity index is 2.18. The highest BCUT2D eigenvalue weighted by Crippen LogP contribution is 2.26. The molecule has 118 valence electrons. The lowest BCUT2D eigenvalue weighted by atomic mass is 10.2. The first-order valence-electron chi connectivity index (χ1n) is 7.40. The van der Waals surface area contributed by atoms with E-state index in [-0.39, 0.29) is 11.9 Å². The number of sulfone groups is 1. The second-order valence-corrected chi connectivity index (χ2v) is 7.44. The number of nitrogens with zero attached hydrogens (tertiary/aromatic N) is 1. The number of ether oxygens (including phenoxy) is 1. The van der Waals surface area contributed by atoms with Gasteiger partial charge in [0.25, 0.3) is 0 Å². The van der Waals surface area contributed by atoms with E-state index in [0.717, 1.165) is 18.8 Å². The van der Waals surface area contributed by atoms with Gasteiger partial charge in [-0.1, -0.05) is 19.1 Å². The van der Waals surface area contributed by atoms with E-state index in [2.05, 4.69) is 5.32 Å². The zero-order valence-electron chi connectivity index (χ0n) is 12.7. The van der Waals surface area contributed by atoms with E-state index in [1.807, 2.05) is 31.0 Å². The first-order valence-corrected chi connectivity index (χ1v) is 9.05. The van der Waals surface area contributed by atoms with Crippen molar-refractivity contribution in [2.75, 3.05) is 43.9 Å². The van der Waals surface area contributed by atoms with Crippen molar-refractivity contribution in [1.29, 1.82) is 0 Å². The second-order valence-electron chi connectivity index (χ2n) is 5.36. The fourth-order valence-corrected chi connectivity index (χ4v) is 4.14. The van der Waals surface area contributed by atoms with Crippen LogP contribution in [-0.2, 0) is 14.6 Å². The van der Waals surface area contributed by atoms with Gasteiger partial charge in [-0.25, -0.2) is 8.42 Å². The summed E-state index contributed by atoms with van der Waals surface area (Å²) in [5, 5.41) is 3.29. The van der Waals surface area contributed by atoms with Crippen LogP contribution in [0.2, 0.25) is 0 Å². The Bertz CT molecular complexity index is 554. The van der Waals surface area contributed by atoms with Gasteiger partial charge in [0, 0.05) is 26.7 Å². The van der Waals surface area contributed by atoms with E-state index in [9.17, 15) is 8.42 Å². The molecule has 1 aromatic carbocycles. The maximum atomic E-state index is 12.4. The Morgan fingerprint density at radius 1 is 1.38 bits per heavy atom. The molecule has 6 heteroatoms. The molecule has 0 aliphatic carbocycles. The summed E-state index contributed by atoms with van der Waals surface area (Å²) in [6.45, 7) is 4.93. The van der Waals surface area contributed by atoms with Crippen molar-refractivity contribution in [3.8, 4) is 0 Å². The Kier molecular flexibility index (Phi) is 5.61. The molecule has 0 saturated carbocycles. The van der Waals surface area contributed by atoms with Crippen molar-refractivity contribution < 1.29 is 13.2 Å². The minimum Gasteiger partial charge on any atom is -0.374 e. The van der Waals surface area contributed by atoms with E-state index >= 15 is 0 Å². The lowest BCUT2D eigenvalue weighted by molar-refractivity contribution is 0.0339. The van der Waals surface area contributed by atoms with Gasteiger partial charge in [-0.15, -0.1) is 0 Å². The summed E-state index contributed by atoms with van der Waals surface area (Å²) in [4.78, 5) is 2.39. The van der Waals surface area contributed by atoms with Crippen molar-refractivity contribution in [2.45, 2.75) is 24.3 Å². The molecule has 1 unspecified atom stereocenters. The molecule has 1 atom stereocenters. The first-order chi connectivity index (χ1) is 10.0. The third-order valence-corrected chi connectivity index (χ3v) is 5.53. The number of hydrogen-bond donors (Lipinski definition) is 1. The highest BCUT2D eigenvalue weighted by atomic mass is 32.2. The molecule has 1 N–H and O–H groups in total. The van der Waals surface area contributed by atoms with Crippen LogP contribution in [0.3, 0.4) is 0 Å². The largest absolute Gasteiger partial charge is 0.374 e. The Labute approximate surface area is 127 Å². The molecular weight excluding hydrogens is 288 g/mol. The topological polar surface area (TPSA) is 58.6 Å². The fourth-order valence-electron chi connectivity index (χ4n) is 2.55. The van der Waals surface area contributed by atoms with Crippen LogP contribution in [0, 0.1) is 0 Å². The standard InChI is InChI=1S/C15H24N2O3S/c1-3-10-21(18,19)15-7-5-4-6-14(15)17(2)12-13-11-16-8-9-20-13/h4-7,13,16H,3,8-12H2,1-2H3. The van der Waals surface area contributed by atoms with Gasteiger partial charge in [0.2, 0.25) is 0 Å². The van der Waals surface area contributed by atoms with Crippen LogP contribution in [0.1, 0.15) is 13.3 Å². The molecule has 0 radical (unpaired) electrons. The van der Waals surface area contributed by atoms with Gasteiger partial charge < -0.3 is 15.0 Å². The van der Waals surface area contributed by atoms with Crippen molar-refractivity contribution >= 4 is 15.5 Å². The van der Waals surface area contributed by atoms with Crippen LogP contribution < -0.4 is 10.2 Å². The third kappa shape index (κ3) is 4.18. The maximum Gasteiger partial charge on any atom is 0.180 e. The molecule has 1 fully saturated rings. The summed E-state index contributed by atoms with van der Waals surface area (Å²) in [6.07, 6.45) is 0.710. The van der Waals surface area contributed by atoms with Crippen LogP contribution >= 0.6 is 0 Å². The number of anilines is 1. The van der Waals surface area contributed by atoms with E-state index < -0.39 is 9.84 Å². The lowest BCUT2D eigenvalue weighted by Crippen LogP contribution is -2.44. The number of likely N-dealkylation sites (N-methyl/N-ethyl adjacent to an activating group) is 1. The number of nitrogens with one attached hydrogen (secondary N) is 1. The van der Waals surface area contributed by atoms with E-state index in [0.29, 0.717) is 24.5 Å². The molecule has 5 nitrogen and oxygen atoms in total. The molecule has 0 amide bonds. The molecule has 1 saturated heterocycles. The van der Waals surface area contributed by atoms with Gasteiger partial charge in [0.15, 0.2) is 9.84 Å². The molecule has 1 aromatic rings. The predicted octanol–water partition coefficient (Wildman–Crippen LogP) is 1.29. The number of morpholine rings is 1. The van der Waals surface area contributed by atoms with Crippen LogP contribution in [0.15, 0.2) is 29.2 Å². The van der Waals surface area contributed by atoms with Crippen molar-refractivity contribution in [2.24, 2.45) is 0 Å². The van der Waals surface area contributed by atoms with E-state index in [1.54, 1.807) is 12.1 Å². The SMILES string of the molecule is CCCS(=O)(=O)c1ccccc1N(C)CC1CNCCO1. The molecule has 1 aliphatic heterocycles. The van der Waals surface area contributed by atoms with Crippen LogP contribution in [-0.4, -0.2) is 53.6 Å². The summed E-state index contributed by atoms with van der Waals surface area (Å²) in [5.41, 5.74) is 0.750. The lowest BCUT2D eigenvalue weighted by Gasteiger charge is -2.30. The molecular formula is C15H24N2O3S.